The molecule has 0 heterocycles. The molecule has 0 aromatic carbocycles. The van der Waals surface area contributed by atoms with Crippen molar-refractivity contribution in [2.45, 2.75) is 17.9 Å². The van der Waals surface area contributed by atoms with Crippen LogP contribution in [0.1, 0.15) is 6.92 Å². The van der Waals surface area contributed by atoms with E-state index >= 15 is 0 Å². The largest absolute Gasteiger partial charge is 0.436 e. The van der Waals surface area contributed by atoms with E-state index in [4.69, 9.17) is 23.2 Å². The van der Waals surface area contributed by atoms with Crippen molar-refractivity contribution in [3.8, 4) is 12.0 Å². The molecule has 0 bridgehead atoms. The van der Waals surface area contributed by atoms with Crippen molar-refractivity contribution >= 4 is 23.2 Å². The van der Waals surface area contributed by atoms with Crippen molar-refractivity contribution in [3.63, 3.8) is 0 Å². The molecule has 5 heteroatoms. The van der Waals surface area contributed by atoms with Crippen LogP contribution in [0.25, 0.3) is 0 Å². The Kier molecular flexibility index (Phi) is 3.77. The third kappa shape index (κ3) is 3.09. The molecule has 58 valence electrons. The molecule has 0 aliphatic rings. The van der Waals surface area contributed by atoms with Gasteiger partial charge in [0.25, 0.3) is 0 Å². The minimum atomic E-state index is -3.59. The average Bonchev–Trinajstić information content (AvgIpc) is 1.84. The molecule has 1 nitrogen and oxygen atoms in total. The summed E-state index contributed by atoms with van der Waals surface area (Å²) in [6.45, 7) is 1.35. The molecule has 0 spiro atoms. The Morgan fingerprint density at radius 1 is 1.50 bits per heavy atom. The summed E-state index contributed by atoms with van der Waals surface area (Å²) in [6.07, 6.45) is -1.89. The Balaban J connectivity index is 3.95. The molecule has 0 saturated carbocycles. The molecular formula is C5H4Cl2F2O. The van der Waals surface area contributed by atoms with Crippen molar-refractivity contribution < 1.29 is 13.5 Å². The molecule has 0 radical (unpaired) electrons. The first-order valence-electron chi connectivity index (χ1n) is 2.26. The van der Waals surface area contributed by atoms with Crippen LogP contribution < -0.4 is 0 Å². The molecule has 0 rings (SSSR count). The first-order valence-corrected chi connectivity index (χ1v) is 3.13. The van der Waals surface area contributed by atoms with Crippen molar-refractivity contribution in [1.29, 1.82) is 0 Å². The highest BCUT2D eigenvalue weighted by atomic mass is 35.5. The average molecular weight is 189 g/mol. The zero-order valence-electron chi connectivity index (χ0n) is 5.00. The van der Waals surface area contributed by atoms with Crippen LogP contribution in [0.5, 0.6) is 0 Å². The van der Waals surface area contributed by atoms with Gasteiger partial charge in [0.05, 0.1) is 0 Å². The summed E-state index contributed by atoms with van der Waals surface area (Å²) in [5, 5.41) is 0. The molecule has 0 unspecified atom stereocenters. The zero-order chi connectivity index (χ0) is 8.20. The Morgan fingerprint density at radius 3 is 2.30 bits per heavy atom. The molecule has 0 aromatic heterocycles. The molecule has 0 fully saturated rings. The molecular weight excluding hydrogens is 185 g/mol. The summed E-state index contributed by atoms with van der Waals surface area (Å²) < 4.78 is 28.0. The normalized spacial score (nSPS) is 10.6. The summed E-state index contributed by atoms with van der Waals surface area (Å²) >= 11 is 9.66. The summed E-state index contributed by atoms with van der Waals surface area (Å²) in [7, 11) is 0. The van der Waals surface area contributed by atoms with Crippen molar-refractivity contribution in [2.24, 2.45) is 0 Å². The molecule has 0 aliphatic carbocycles. The van der Waals surface area contributed by atoms with Crippen LogP contribution in [0.3, 0.4) is 0 Å². The Labute approximate surface area is 67.2 Å². The van der Waals surface area contributed by atoms with Gasteiger partial charge in [-0.25, -0.2) is 0 Å². The van der Waals surface area contributed by atoms with Crippen LogP contribution in [0.4, 0.5) is 8.78 Å². The van der Waals surface area contributed by atoms with Crippen molar-refractivity contribution in [1.82, 2.24) is 0 Å². The lowest BCUT2D eigenvalue weighted by Crippen LogP contribution is -2.26. The van der Waals surface area contributed by atoms with Crippen molar-refractivity contribution in [2.75, 3.05) is 0 Å². The highest BCUT2D eigenvalue weighted by Crippen LogP contribution is 2.27. The SMILES string of the molecule is CC#COC(F)(F)C(Cl)Cl. The Morgan fingerprint density at radius 2 is 2.00 bits per heavy atom. The second-order valence-corrected chi connectivity index (χ2v) is 2.41. The van der Waals surface area contributed by atoms with Gasteiger partial charge in [-0.05, 0) is 0 Å². The number of hydrogen-bond acceptors (Lipinski definition) is 1. The molecule has 0 amide bonds. The van der Waals surface area contributed by atoms with Crippen LogP contribution in [0.15, 0.2) is 0 Å². The van der Waals surface area contributed by atoms with Crippen LogP contribution in [-0.4, -0.2) is 10.9 Å². The number of alkyl halides is 4. The first-order chi connectivity index (χ1) is 4.50. The lowest BCUT2D eigenvalue weighted by molar-refractivity contribution is -0.183. The second kappa shape index (κ2) is 3.85. The first kappa shape index (κ1) is 9.80. The van der Waals surface area contributed by atoms with E-state index in [1.807, 2.05) is 0 Å². The zero-order valence-corrected chi connectivity index (χ0v) is 6.51. The number of hydrogen-bond donors (Lipinski definition) is 0. The third-order valence-electron chi connectivity index (χ3n) is 0.543. The molecule has 0 aliphatic heterocycles. The van der Waals surface area contributed by atoms with E-state index in [1.165, 1.54) is 6.92 Å². The standard InChI is InChI=1S/C5H4Cl2F2O/c1-2-3-10-5(8,9)4(6)7/h4H,1H3. The predicted octanol–water partition coefficient (Wildman–Crippen LogP) is 2.38. The summed E-state index contributed by atoms with van der Waals surface area (Å²) in [4.78, 5) is -1.90. The third-order valence-corrected chi connectivity index (χ3v) is 1.05. The van der Waals surface area contributed by atoms with E-state index in [2.05, 4.69) is 10.7 Å². The predicted molar refractivity (Wildman–Crippen MR) is 35.0 cm³/mol. The maximum absolute atomic E-state index is 12.1. The molecule has 0 N–H and O–H groups in total. The van der Waals surface area contributed by atoms with Gasteiger partial charge in [-0.15, -0.1) is 0 Å². The van der Waals surface area contributed by atoms with Gasteiger partial charge in [0.1, 0.15) is 6.11 Å². The number of ether oxygens (including phenoxy) is 1. The maximum Gasteiger partial charge on any atom is 0.436 e. The number of rotatable bonds is 2. The fourth-order valence-corrected chi connectivity index (χ4v) is 0.253. The minimum absolute atomic E-state index is 1.35. The Bertz CT molecular complexity index is 159. The monoisotopic (exact) mass is 188 g/mol. The minimum Gasteiger partial charge on any atom is -0.377 e. The van der Waals surface area contributed by atoms with E-state index in [9.17, 15) is 8.78 Å². The lowest BCUT2D eigenvalue weighted by Gasteiger charge is -2.12. The fraction of sp³-hybridized carbons (Fsp3) is 0.600. The lowest BCUT2D eigenvalue weighted by atomic mass is 10.7. The van der Waals surface area contributed by atoms with Crippen LogP contribution in [-0.2, 0) is 4.74 Å². The van der Waals surface area contributed by atoms with Gasteiger partial charge < -0.3 is 4.74 Å². The summed E-state index contributed by atoms with van der Waals surface area (Å²) in [6, 6.07) is 0. The van der Waals surface area contributed by atoms with E-state index < -0.39 is 10.9 Å². The highest BCUT2D eigenvalue weighted by Gasteiger charge is 2.39. The summed E-state index contributed by atoms with van der Waals surface area (Å²) in [5.41, 5.74) is 0. The van der Waals surface area contributed by atoms with Crippen LogP contribution in [0, 0.1) is 12.0 Å². The number of halogens is 4. The van der Waals surface area contributed by atoms with Gasteiger partial charge in [-0.3, -0.25) is 0 Å². The van der Waals surface area contributed by atoms with E-state index in [0.717, 1.165) is 0 Å². The molecule has 0 atom stereocenters. The molecule has 0 aromatic rings. The van der Waals surface area contributed by atoms with E-state index in [1.54, 1.807) is 6.11 Å². The topological polar surface area (TPSA) is 9.23 Å². The van der Waals surface area contributed by atoms with Crippen LogP contribution in [0.2, 0.25) is 0 Å². The Hall–Kier alpha value is -0.200. The van der Waals surface area contributed by atoms with Crippen molar-refractivity contribution in [3.05, 3.63) is 0 Å². The molecule has 10 heavy (non-hydrogen) atoms. The van der Waals surface area contributed by atoms with Crippen LogP contribution >= 0.6 is 23.2 Å². The van der Waals surface area contributed by atoms with E-state index in [0.29, 0.717) is 0 Å². The van der Waals surface area contributed by atoms with E-state index in [-0.39, 0.29) is 0 Å². The second-order valence-electron chi connectivity index (χ2n) is 1.32. The summed E-state index contributed by atoms with van der Waals surface area (Å²) in [5.74, 6) is 2.11. The van der Waals surface area contributed by atoms with Gasteiger partial charge in [0, 0.05) is 6.92 Å². The van der Waals surface area contributed by atoms with Gasteiger partial charge in [-0.2, -0.15) is 8.78 Å². The maximum atomic E-state index is 12.1. The fourth-order valence-electron chi connectivity index (χ4n) is 0.164. The van der Waals surface area contributed by atoms with Gasteiger partial charge in [0.15, 0.2) is 0 Å². The van der Waals surface area contributed by atoms with Gasteiger partial charge in [-0.1, -0.05) is 29.1 Å². The van der Waals surface area contributed by atoms with Gasteiger partial charge >= 0.3 is 6.11 Å². The van der Waals surface area contributed by atoms with Gasteiger partial charge in [0.2, 0.25) is 4.84 Å². The quantitative estimate of drug-likeness (QED) is 0.478. The molecule has 0 saturated heterocycles. The highest BCUT2D eigenvalue weighted by molar-refractivity contribution is 6.44. The smallest absolute Gasteiger partial charge is 0.377 e.